The van der Waals surface area contributed by atoms with Crippen molar-refractivity contribution < 1.29 is 14.3 Å². The molecule has 0 aromatic heterocycles. The molecule has 0 N–H and O–H groups in total. The van der Waals surface area contributed by atoms with Crippen LogP contribution >= 0.6 is 0 Å². The van der Waals surface area contributed by atoms with Crippen molar-refractivity contribution in [3.63, 3.8) is 0 Å². The number of carbonyl (C=O) groups excluding carboxylic acids is 2. The Hall–Kier alpha value is -2.82. The number of rotatable bonds is 4. The minimum absolute atomic E-state index is 0.000805. The average Bonchev–Trinajstić information content (AvgIpc) is 2.69. The minimum atomic E-state index is -0.000805. The first-order valence-corrected chi connectivity index (χ1v) is 9.25. The fraction of sp³-hybridized carbons (Fsp3) is 0.364. The second kappa shape index (κ2) is 8.25. The summed E-state index contributed by atoms with van der Waals surface area (Å²) >= 11 is 0. The third-order valence-electron chi connectivity index (χ3n) is 5.10. The third-order valence-corrected chi connectivity index (χ3v) is 5.10. The summed E-state index contributed by atoms with van der Waals surface area (Å²) in [4.78, 5) is 28.9. The molecule has 27 heavy (non-hydrogen) atoms. The molecular weight excluding hydrogens is 340 g/mol. The van der Waals surface area contributed by atoms with Crippen LogP contribution in [0.15, 0.2) is 42.5 Å². The highest BCUT2D eigenvalue weighted by atomic mass is 16.5. The van der Waals surface area contributed by atoms with Gasteiger partial charge in [0.2, 0.25) is 5.91 Å². The molecule has 1 saturated heterocycles. The number of aryl methyl sites for hydroxylation is 2. The summed E-state index contributed by atoms with van der Waals surface area (Å²) in [6.07, 6.45) is 0.415. The van der Waals surface area contributed by atoms with Gasteiger partial charge in [0.05, 0.1) is 13.5 Å². The Morgan fingerprint density at radius 2 is 1.56 bits per heavy atom. The van der Waals surface area contributed by atoms with Gasteiger partial charge >= 0.3 is 0 Å². The van der Waals surface area contributed by atoms with Crippen LogP contribution in [0.2, 0.25) is 0 Å². The van der Waals surface area contributed by atoms with E-state index in [9.17, 15) is 9.59 Å². The molecule has 0 bridgehead atoms. The molecule has 5 nitrogen and oxygen atoms in total. The predicted octanol–water partition coefficient (Wildman–Crippen LogP) is 2.84. The predicted molar refractivity (Wildman–Crippen MR) is 105 cm³/mol. The number of nitrogens with zero attached hydrogens (tertiary/aromatic N) is 2. The van der Waals surface area contributed by atoms with Crippen molar-refractivity contribution in [3.05, 3.63) is 64.7 Å². The fourth-order valence-electron chi connectivity index (χ4n) is 3.39. The molecule has 2 aromatic rings. The first-order valence-electron chi connectivity index (χ1n) is 9.25. The van der Waals surface area contributed by atoms with Gasteiger partial charge in [-0.25, -0.2) is 0 Å². The quantitative estimate of drug-likeness (QED) is 0.836. The molecule has 2 amide bonds. The van der Waals surface area contributed by atoms with Crippen LogP contribution in [0.25, 0.3) is 0 Å². The second-order valence-electron chi connectivity index (χ2n) is 7.01. The van der Waals surface area contributed by atoms with Crippen molar-refractivity contribution in [2.45, 2.75) is 20.3 Å². The Labute approximate surface area is 160 Å². The molecule has 0 unspecified atom stereocenters. The smallest absolute Gasteiger partial charge is 0.253 e. The third kappa shape index (κ3) is 4.48. The minimum Gasteiger partial charge on any atom is -0.497 e. The first kappa shape index (κ1) is 19.0. The van der Waals surface area contributed by atoms with Gasteiger partial charge in [-0.2, -0.15) is 0 Å². The molecule has 1 fully saturated rings. The highest BCUT2D eigenvalue weighted by Gasteiger charge is 2.25. The summed E-state index contributed by atoms with van der Waals surface area (Å²) in [7, 11) is 1.60. The normalized spacial score (nSPS) is 14.2. The molecule has 0 radical (unpaired) electrons. The van der Waals surface area contributed by atoms with E-state index in [1.807, 2.05) is 28.9 Å². The Balaban J connectivity index is 1.56. The fourth-order valence-corrected chi connectivity index (χ4v) is 3.39. The van der Waals surface area contributed by atoms with E-state index in [0.717, 1.165) is 16.9 Å². The summed E-state index contributed by atoms with van der Waals surface area (Å²) in [5, 5.41) is 0. The van der Waals surface area contributed by atoms with Crippen LogP contribution < -0.4 is 4.74 Å². The zero-order chi connectivity index (χ0) is 19.4. The monoisotopic (exact) mass is 366 g/mol. The highest BCUT2D eigenvalue weighted by Crippen LogP contribution is 2.16. The van der Waals surface area contributed by atoms with Gasteiger partial charge in [0, 0.05) is 31.7 Å². The molecule has 1 heterocycles. The number of amides is 2. The maximum atomic E-state index is 12.6. The van der Waals surface area contributed by atoms with Crippen LogP contribution in [0.4, 0.5) is 0 Å². The zero-order valence-corrected chi connectivity index (χ0v) is 16.2. The van der Waals surface area contributed by atoms with E-state index in [1.165, 1.54) is 5.56 Å². The molecule has 1 aliphatic rings. The van der Waals surface area contributed by atoms with Gasteiger partial charge in [-0.15, -0.1) is 0 Å². The topological polar surface area (TPSA) is 49.9 Å². The van der Waals surface area contributed by atoms with E-state index in [1.54, 1.807) is 31.4 Å². The molecule has 1 aliphatic heterocycles. The van der Waals surface area contributed by atoms with Crippen LogP contribution in [0.3, 0.4) is 0 Å². The van der Waals surface area contributed by atoms with Gasteiger partial charge in [-0.05, 0) is 49.2 Å². The van der Waals surface area contributed by atoms with E-state index < -0.39 is 0 Å². The van der Waals surface area contributed by atoms with E-state index in [0.29, 0.717) is 38.2 Å². The standard InChI is InChI=1S/C22H26N2O3/c1-16-4-5-19(17(2)14-16)15-21(25)23-10-12-24(13-11-23)22(26)18-6-8-20(27-3)9-7-18/h4-9,14H,10-13,15H2,1-3H3. The van der Waals surface area contributed by atoms with Crippen molar-refractivity contribution in [3.8, 4) is 5.75 Å². The van der Waals surface area contributed by atoms with E-state index >= 15 is 0 Å². The van der Waals surface area contributed by atoms with Crippen molar-refractivity contribution in [2.75, 3.05) is 33.3 Å². The molecule has 0 saturated carbocycles. The lowest BCUT2D eigenvalue weighted by molar-refractivity contribution is -0.131. The Morgan fingerprint density at radius 1 is 0.926 bits per heavy atom. The van der Waals surface area contributed by atoms with Crippen molar-refractivity contribution in [1.82, 2.24) is 9.80 Å². The molecule has 5 heteroatoms. The van der Waals surface area contributed by atoms with E-state index in [-0.39, 0.29) is 11.8 Å². The largest absolute Gasteiger partial charge is 0.497 e. The summed E-state index contributed by atoms with van der Waals surface area (Å²) in [6, 6.07) is 13.3. The number of ether oxygens (including phenoxy) is 1. The molecule has 2 aromatic carbocycles. The number of methoxy groups -OCH3 is 1. The van der Waals surface area contributed by atoms with Gasteiger partial charge in [0.15, 0.2) is 0 Å². The highest BCUT2D eigenvalue weighted by molar-refractivity contribution is 5.94. The van der Waals surface area contributed by atoms with Crippen molar-refractivity contribution in [2.24, 2.45) is 0 Å². The van der Waals surface area contributed by atoms with Crippen LogP contribution in [-0.4, -0.2) is 54.9 Å². The van der Waals surface area contributed by atoms with Crippen LogP contribution in [0, 0.1) is 13.8 Å². The van der Waals surface area contributed by atoms with Gasteiger partial charge in [-0.3, -0.25) is 9.59 Å². The molecule has 0 spiro atoms. The Morgan fingerprint density at radius 3 is 2.15 bits per heavy atom. The second-order valence-corrected chi connectivity index (χ2v) is 7.01. The lowest BCUT2D eigenvalue weighted by Crippen LogP contribution is -2.51. The molecule has 3 rings (SSSR count). The number of piperazine rings is 1. The van der Waals surface area contributed by atoms with Crippen LogP contribution in [-0.2, 0) is 11.2 Å². The number of hydrogen-bond acceptors (Lipinski definition) is 3. The van der Waals surface area contributed by atoms with E-state index in [4.69, 9.17) is 4.74 Å². The summed E-state index contributed by atoms with van der Waals surface area (Å²) in [5.74, 6) is 0.853. The maximum absolute atomic E-state index is 12.6. The summed E-state index contributed by atoms with van der Waals surface area (Å²) < 4.78 is 5.13. The first-order chi connectivity index (χ1) is 13.0. The molecule has 142 valence electrons. The average molecular weight is 366 g/mol. The van der Waals surface area contributed by atoms with Crippen molar-refractivity contribution in [1.29, 1.82) is 0 Å². The van der Waals surface area contributed by atoms with Crippen molar-refractivity contribution >= 4 is 11.8 Å². The number of carbonyl (C=O) groups is 2. The Bertz CT molecular complexity index is 822. The maximum Gasteiger partial charge on any atom is 0.253 e. The van der Waals surface area contributed by atoms with Gasteiger partial charge in [0.25, 0.3) is 5.91 Å². The van der Waals surface area contributed by atoms with Gasteiger partial charge in [0.1, 0.15) is 5.75 Å². The molecule has 0 atom stereocenters. The number of hydrogen-bond donors (Lipinski definition) is 0. The Kier molecular flexibility index (Phi) is 5.79. The molecular formula is C22H26N2O3. The van der Waals surface area contributed by atoms with Gasteiger partial charge in [-0.1, -0.05) is 23.8 Å². The van der Waals surface area contributed by atoms with Gasteiger partial charge < -0.3 is 14.5 Å². The lowest BCUT2D eigenvalue weighted by atomic mass is 10.0. The lowest BCUT2D eigenvalue weighted by Gasteiger charge is -2.35. The number of benzene rings is 2. The van der Waals surface area contributed by atoms with Crippen LogP contribution in [0.5, 0.6) is 5.75 Å². The molecule has 0 aliphatic carbocycles. The summed E-state index contributed by atoms with van der Waals surface area (Å²) in [5.41, 5.74) is 4.07. The van der Waals surface area contributed by atoms with Crippen LogP contribution in [0.1, 0.15) is 27.0 Å². The van der Waals surface area contributed by atoms with E-state index in [2.05, 4.69) is 13.0 Å². The SMILES string of the molecule is COc1ccc(C(=O)N2CCN(C(=O)Cc3ccc(C)cc3C)CC2)cc1. The zero-order valence-electron chi connectivity index (χ0n) is 16.2. The summed E-state index contributed by atoms with van der Waals surface area (Å²) in [6.45, 7) is 6.36.